The molecular formula is C17H14F2N2O4. The second-order valence-corrected chi connectivity index (χ2v) is 5.62. The van der Waals surface area contributed by atoms with Gasteiger partial charge in [-0.2, -0.15) is 0 Å². The first-order chi connectivity index (χ1) is 12.0. The average Bonchev–Trinajstić information content (AvgIpc) is 3.12. The normalized spacial score (nSPS) is 13.8. The number of hydrogen-bond donors (Lipinski definition) is 0. The van der Waals surface area contributed by atoms with E-state index in [2.05, 4.69) is 0 Å². The molecule has 3 rings (SSSR count). The smallest absolute Gasteiger partial charge is 0.275 e. The van der Waals surface area contributed by atoms with Crippen LogP contribution >= 0.6 is 0 Å². The molecule has 1 aliphatic rings. The number of non-ortho nitro benzene ring substituents is 1. The van der Waals surface area contributed by atoms with Crippen LogP contribution in [-0.4, -0.2) is 28.8 Å². The molecule has 0 aliphatic carbocycles. The lowest BCUT2D eigenvalue weighted by Gasteiger charge is -2.15. The third-order valence-corrected chi connectivity index (χ3v) is 3.91. The molecule has 0 radical (unpaired) electrons. The lowest BCUT2D eigenvalue weighted by molar-refractivity contribution is -0.385. The zero-order valence-corrected chi connectivity index (χ0v) is 13.1. The predicted molar refractivity (Wildman–Crippen MR) is 84.7 cm³/mol. The summed E-state index contributed by atoms with van der Waals surface area (Å²) in [7, 11) is 0. The summed E-state index contributed by atoms with van der Waals surface area (Å²) in [6.45, 7) is 1.44. The number of amides is 1. The monoisotopic (exact) mass is 348 g/mol. The van der Waals surface area contributed by atoms with Crippen molar-refractivity contribution in [1.29, 1.82) is 0 Å². The molecule has 8 heteroatoms. The largest absolute Gasteiger partial charge is 0.451 e. The van der Waals surface area contributed by atoms with E-state index in [4.69, 9.17) is 4.74 Å². The van der Waals surface area contributed by atoms with Crippen molar-refractivity contribution in [3.8, 4) is 11.5 Å². The highest BCUT2D eigenvalue weighted by atomic mass is 19.1. The zero-order chi connectivity index (χ0) is 18.0. The van der Waals surface area contributed by atoms with Gasteiger partial charge in [0.25, 0.3) is 11.6 Å². The van der Waals surface area contributed by atoms with Gasteiger partial charge in [0.05, 0.1) is 17.1 Å². The van der Waals surface area contributed by atoms with E-state index in [9.17, 15) is 23.7 Å². The maximum absolute atomic E-state index is 13.8. The van der Waals surface area contributed by atoms with Crippen LogP contribution < -0.4 is 4.74 Å². The summed E-state index contributed by atoms with van der Waals surface area (Å²) >= 11 is 0. The lowest BCUT2D eigenvalue weighted by atomic mass is 10.2. The molecule has 1 heterocycles. The van der Waals surface area contributed by atoms with Crippen LogP contribution in [0, 0.1) is 21.7 Å². The Labute approximate surface area is 141 Å². The van der Waals surface area contributed by atoms with Crippen molar-refractivity contribution in [2.75, 3.05) is 13.1 Å². The number of benzene rings is 2. The molecule has 25 heavy (non-hydrogen) atoms. The number of hydrogen-bond acceptors (Lipinski definition) is 4. The van der Waals surface area contributed by atoms with E-state index in [1.165, 1.54) is 24.3 Å². The second kappa shape index (κ2) is 6.84. The van der Waals surface area contributed by atoms with Crippen molar-refractivity contribution in [3.63, 3.8) is 0 Å². The van der Waals surface area contributed by atoms with Gasteiger partial charge in [0.15, 0.2) is 17.4 Å². The van der Waals surface area contributed by atoms with Gasteiger partial charge in [0, 0.05) is 18.7 Å². The second-order valence-electron chi connectivity index (χ2n) is 5.62. The minimum atomic E-state index is -1.18. The van der Waals surface area contributed by atoms with E-state index in [0.717, 1.165) is 25.9 Å². The summed E-state index contributed by atoms with van der Waals surface area (Å²) in [5.74, 6) is -3.07. The first kappa shape index (κ1) is 16.8. The van der Waals surface area contributed by atoms with Crippen LogP contribution in [0.5, 0.6) is 11.5 Å². The van der Waals surface area contributed by atoms with Crippen molar-refractivity contribution < 1.29 is 23.2 Å². The SMILES string of the molecule is O=C(c1ccc(Oc2c(F)cc([N+](=O)[O-])cc2F)cc1)N1CCCC1. The van der Waals surface area contributed by atoms with Crippen LogP contribution in [-0.2, 0) is 0 Å². The van der Waals surface area contributed by atoms with Gasteiger partial charge in [0.1, 0.15) is 5.75 Å². The Bertz CT molecular complexity index is 795. The maximum Gasteiger partial charge on any atom is 0.275 e. The van der Waals surface area contributed by atoms with E-state index in [0.29, 0.717) is 17.7 Å². The highest BCUT2D eigenvalue weighted by Crippen LogP contribution is 2.31. The molecule has 0 saturated carbocycles. The molecule has 1 saturated heterocycles. The molecule has 0 spiro atoms. The number of nitro benzene ring substituents is 1. The molecule has 0 unspecified atom stereocenters. The molecular weight excluding hydrogens is 334 g/mol. The highest BCUT2D eigenvalue weighted by molar-refractivity contribution is 5.94. The summed E-state index contributed by atoms with van der Waals surface area (Å²) in [6, 6.07) is 7.04. The Balaban J connectivity index is 1.77. The Morgan fingerprint density at radius 3 is 2.16 bits per heavy atom. The van der Waals surface area contributed by atoms with E-state index >= 15 is 0 Å². The van der Waals surface area contributed by atoms with Crippen LogP contribution in [0.25, 0.3) is 0 Å². The number of ether oxygens (including phenoxy) is 1. The van der Waals surface area contributed by atoms with Crippen molar-refractivity contribution in [2.24, 2.45) is 0 Å². The fourth-order valence-corrected chi connectivity index (χ4v) is 2.64. The van der Waals surface area contributed by atoms with E-state index < -0.39 is 28.0 Å². The first-order valence-corrected chi connectivity index (χ1v) is 7.66. The van der Waals surface area contributed by atoms with Crippen molar-refractivity contribution in [1.82, 2.24) is 4.90 Å². The molecule has 0 atom stereocenters. The summed E-state index contributed by atoms with van der Waals surface area (Å²) in [6.07, 6.45) is 1.96. The molecule has 0 bridgehead atoms. The van der Waals surface area contributed by atoms with E-state index in [1.54, 1.807) is 4.90 Å². The van der Waals surface area contributed by atoms with Crippen LogP contribution in [0.4, 0.5) is 14.5 Å². The van der Waals surface area contributed by atoms with Gasteiger partial charge >= 0.3 is 0 Å². The molecule has 1 aliphatic heterocycles. The van der Waals surface area contributed by atoms with Crippen LogP contribution in [0.1, 0.15) is 23.2 Å². The van der Waals surface area contributed by atoms with Gasteiger partial charge in [0.2, 0.25) is 0 Å². The molecule has 0 aromatic heterocycles. The van der Waals surface area contributed by atoms with Gasteiger partial charge in [-0.25, -0.2) is 8.78 Å². The number of carbonyl (C=O) groups is 1. The van der Waals surface area contributed by atoms with Crippen LogP contribution in [0.2, 0.25) is 0 Å². The summed E-state index contributed by atoms with van der Waals surface area (Å²) in [5.41, 5.74) is -0.243. The molecule has 130 valence electrons. The molecule has 6 nitrogen and oxygen atoms in total. The fraction of sp³-hybridized carbons (Fsp3) is 0.235. The molecule has 0 N–H and O–H groups in total. The third-order valence-electron chi connectivity index (χ3n) is 3.91. The Morgan fingerprint density at radius 1 is 1.08 bits per heavy atom. The van der Waals surface area contributed by atoms with Crippen LogP contribution in [0.15, 0.2) is 36.4 Å². The summed E-state index contributed by atoms with van der Waals surface area (Å²) in [4.78, 5) is 23.7. The number of rotatable bonds is 4. The Hall–Kier alpha value is -3.03. The van der Waals surface area contributed by atoms with Gasteiger partial charge in [-0.1, -0.05) is 0 Å². The predicted octanol–water partition coefficient (Wildman–Crippen LogP) is 3.90. The molecule has 2 aromatic carbocycles. The quantitative estimate of drug-likeness (QED) is 0.620. The number of nitrogens with zero attached hydrogens (tertiary/aromatic N) is 2. The first-order valence-electron chi connectivity index (χ1n) is 7.66. The maximum atomic E-state index is 13.8. The lowest BCUT2D eigenvalue weighted by Crippen LogP contribution is -2.27. The number of carbonyl (C=O) groups excluding carboxylic acids is 1. The average molecular weight is 348 g/mol. The fourth-order valence-electron chi connectivity index (χ4n) is 2.64. The van der Waals surface area contributed by atoms with Gasteiger partial charge < -0.3 is 9.64 Å². The van der Waals surface area contributed by atoms with E-state index in [-0.39, 0.29) is 11.7 Å². The van der Waals surface area contributed by atoms with E-state index in [1.807, 2.05) is 0 Å². The number of likely N-dealkylation sites (tertiary alicyclic amines) is 1. The van der Waals surface area contributed by atoms with Crippen molar-refractivity contribution >= 4 is 11.6 Å². The van der Waals surface area contributed by atoms with Gasteiger partial charge in [-0.05, 0) is 37.1 Å². The number of nitro groups is 1. The van der Waals surface area contributed by atoms with Gasteiger partial charge in [-0.15, -0.1) is 0 Å². The Morgan fingerprint density at radius 2 is 1.64 bits per heavy atom. The Kier molecular flexibility index (Phi) is 4.60. The minimum Gasteiger partial charge on any atom is -0.451 e. The summed E-state index contributed by atoms with van der Waals surface area (Å²) in [5, 5.41) is 10.6. The number of halogens is 2. The topological polar surface area (TPSA) is 72.7 Å². The highest BCUT2D eigenvalue weighted by Gasteiger charge is 2.21. The van der Waals surface area contributed by atoms with Crippen molar-refractivity contribution in [3.05, 3.63) is 63.7 Å². The minimum absolute atomic E-state index is 0.100. The molecule has 2 aromatic rings. The van der Waals surface area contributed by atoms with Crippen LogP contribution in [0.3, 0.4) is 0 Å². The summed E-state index contributed by atoms with van der Waals surface area (Å²) < 4.78 is 32.8. The zero-order valence-electron chi connectivity index (χ0n) is 13.1. The van der Waals surface area contributed by atoms with Gasteiger partial charge in [-0.3, -0.25) is 14.9 Å². The van der Waals surface area contributed by atoms with Crippen molar-refractivity contribution in [2.45, 2.75) is 12.8 Å². The molecule has 1 fully saturated rings. The standard InChI is InChI=1S/C17H14F2N2O4/c18-14-9-12(21(23)24)10-15(19)16(14)25-13-5-3-11(4-6-13)17(22)20-7-1-2-8-20/h3-6,9-10H,1-2,7-8H2. The third kappa shape index (κ3) is 3.57. The molecule has 1 amide bonds.